The first kappa shape index (κ1) is 21.2. The van der Waals surface area contributed by atoms with Gasteiger partial charge in [0.1, 0.15) is 0 Å². The first-order valence-electron chi connectivity index (χ1n) is 9.25. The molecule has 0 aliphatic rings. The average molecular weight is 351 g/mol. The third-order valence-electron chi connectivity index (χ3n) is 3.81. The largest absolute Gasteiger partial charge is 0.477 e. The minimum atomic E-state index is 0.267. The van der Waals surface area contributed by atoms with Gasteiger partial charge >= 0.3 is 0 Å². The summed E-state index contributed by atoms with van der Waals surface area (Å²) in [7, 11) is 1.77. The van der Waals surface area contributed by atoms with Crippen LogP contribution in [0.3, 0.4) is 0 Å². The van der Waals surface area contributed by atoms with Gasteiger partial charge in [-0.1, -0.05) is 26.8 Å². The maximum absolute atomic E-state index is 5.78. The molecule has 0 amide bonds. The van der Waals surface area contributed by atoms with Gasteiger partial charge in [-0.3, -0.25) is 4.99 Å². The topological polar surface area (TPSA) is 67.8 Å². The second-order valence-corrected chi connectivity index (χ2v) is 6.20. The highest BCUT2D eigenvalue weighted by Crippen LogP contribution is 2.14. The fraction of sp³-hybridized carbons (Fsp3) is 0.684. The zero-order chi connectivity index (χ0) is 18.5. The Morgan fingerprint density at radius 1 is 1.28 bits per heavy atom. The van der Waals surface area contributed by atoms with Crippen LogP contribution in [0, 0.1) is 5.92 Å². The van der Waals surface area contributed by atoms with Crippen LogP contribution in [0.2, 0.25) is 0 Å². The van der Waals surface area contributed by atoms with Gasteiger partial charge in [0.05, 0.1) is 12.7 Å². The van der Waals surface area contributed by atoms with Crippen LogP contribution in [0.15, 0.2) is 23.3 Å². The van der Waals surface area contributed by atoms with Crippen LogP contribution in [0.25, 0.3) is 0 Å². The summed E-state index contributed by atoms with van der Waals surface area (Å²) in [6.07, 6.45) is 3.93. The van der Waals surface area contributed by atoms with Crippen LogP contribution in [-0.2, 0) is 11.3 Å². The van der Waals surface area contributed by atoms with Gasteiger partial charge in [-0.25, -0.2) is 4.98 Å². The van der Waals surface area contributed by atoms with E-state index in [0.717, 1.165) is 37.5 Å². The number of nitrogens with zero attached hydrogens (tertiary/aromatic N) is 2. The predicted molar refractivity (Wildman–Crippen MR) is 103 cm³/mol. The Balaban J connectivity index is 2.47. The Labute approximate surface area is 152 Å². The molecule has 1 rings (SSSR count). The molecule has 25 heavy (non-hydrogen) atoms. The number of pyridine rings is 1. The Morgan fingerprint density at radius 2 is 2.08 bits per heavy atom. The molecule has 0 saturated heterocycles. The number of ether oxygens (including phenoxy) is 2. The number of hydrogen-bond acceptors (Lipinski definition) is 4. The lowest BCUT2D eigenvalue weighted by Crippen LogP contribution is -2.39. The molecular formula is C19H34N4O2. The third kappa shape index (κ3) is 8.20. The molecule has 0 bridgehead atoms. The summed E-state index contributed by atoms with van der Waals surface area (Å²) in [6.45, 7) is 11.3. The molecule has 1 heterocycles. The fourth-order valence-corrected chi connectivity index (χ4v) is 2.44. The summed E-state index contributed by atoms with van der Waals surface area (Å²) >= 11 is 0. The molecule has 0 spiro atoms. The molecule has 142 valence electrons. The van der Waals surface area contributed by atoms with Gasteiger partial charge in [-0.15, -0.1) is 0 Å². The van der Waals surface area contributed by atoms with E-state index in [-0.39, 0.29) is 6.10 Å². The Bertz CT molecular complexity index is 506. The van der Waals surface area contributed by atoms with Crippen LogP contribution in [-0.4, -0.2) is 43.9 Å². The standard InChI is InChI=1S/C19H34N4O2/c1-6-13-25-18-16(9-8-11-21-18)14-23-19(20-5)22-12-10-17(15(3)4)24-7-2/h8-9,11,15,17H,6-7,10,12-14H2,1-5H3,(H2,20,22,23). The molecule has 6 nitrogen and oxygen atoms in total. The van der Waals surface area contributed by atoms with E-state index in [1.165, 1.54) is 0 Å². The van der Waals surface area contributed by atoms with E-state index in [4.69, 9.17) is 9.47 Å². The highest BCUT2D eigenvalue weighted by Gasteiger charge is 2.13. The lowest BCUT2D eigenvalue weighted by Gasteiger charge is -2.21. The number of rotatable bonds is 11. The quantitative estimate of drug-likeness (QED) is 0.474. The maximum Gasteiger partial charge on any atom is 0.218 e. The van der Waals surface area contributed by atoms with Crippen molar-refractivity contribution in [3.63, 3.8) is 0 Å². The summed E-state index contributed by atoms with van der Waals surface area (Å²) < 4.78 is 11.5. The van der Waals surface area contributed by atoms with Crippen molar-refractivity contribution in [2.45, 2.75) is 53.2 Å². The van der Waals surface area contributed by atoms with E-state index >= 15 is 0 Å². The minimum absolute atomic E-state index is 0.267. The Morgan fingerprint density at radius 3 is 2.72 bits per heavy atom. The van der Waals surface area contributed by atoms with Crippen molar-refractivity contribution in [2.75, 3.05) is 26.8 Å². The van der Waals surface area contributed by atoms with Gasteiger partial charge in [0.25, 0.3) is 0 Å². The van der Waals surface area contributed by atoms with Crippen molar-refractivity contribution in [1.29, 1.82) is 0 Å². The first-order valence-corrected chi connectivity index (χ1v) is 9.25. The molecule has 1 unspecified atom stereocenters. The van der Waals surface area contributed by atoms with Crippen LogP contribution < -0.4 is 15.4 Å². The van der Waals surface area contributed by atoms with Crippen molar-refractivity contribution in [3.8, 4) is 5.88 Å². The zero-order valence-corrected chi connectivity index (χ0v) is 16.3. The molecule has 0 radical (unpaired) electrons. The highest BCUT2D eigenvalue weighted by molar-refractivity contribution is 5.79. The minimum Gasteiger partial charge on any atom is -0.477 e. The smallest absolute Gasteiger partial charge is 0.218 e. The molecule has 0 fully saturated rings. The van der Waals surface area contributed by atoms with E-state index in [1.54, 1.807) is 13.2 Å². The predicted octanol–water partition coefficient (Wildman–Crippen LogP) is 2.99. The molecular weight excluding hydrogens is 316 g/mol. The number of aromatic nitrogens is 1. The fourth-order valence-electron chi connectivity index (χ4n) is 2.44. The van der Waals surface area contributed by atoms with Crippen molar-refractivity contribution >= 4 is 5.96 Å². The number of aliphatic imine (C=N–C) groups is 1. The number of nitrogens with one attached hydrogen (secondary N) is 2. The molecule has 1 atom stereocenters. The van der Waals surface area contributed by atoms with E-state index in [1.807, 2.05) is 19.1 Å². The van der Waals surface area contributed by atoms with Gasteiger partial charge in [0.2, 0.25) is 5.88 Å². The molecule has 2 N–H and O–H groups in total. The van der Waals surface area contributed by atoms with E-state index < -0.39 is 0 Å². The van der Waals surface area contributed by atoms with Crippen molar-refractivity contribution in [3.05, 3.63) is 23.9 Å². The monoisotopic (exact) mass is 350 g/mol. The second-order valence-electron chi connectivity index (χ2n) is 6.20. The summed E-state index contributed by atoms with van der Waals surface area (Å²) in [5.74, 6) is 1.96. The average Bonchev–Trinajstić information content (AvgIpc) is 2.62. The van der Waals surface area contributed by atoms with Crippen LogP contribution in [0.5, 0.6) is 5.88 Å². The summed E-state index contributed by atoms with van der Waals surface area (Å²) in [4.78, 5) is 8.58. The summed E-state index contributed by atoms with van der Waals surface area (Å²) in [6, 6.07) is 3.93. The molecule has 0 aliphatic heterocycles. The molecule has 6 heteroatoms. The van der Waals surface area contributed by atoms with Crippen LogP contribution >= 0.6 is 0 Å². The maximum atomic E-state index is 5.78. The van der Waals surface area contributed by atoms with Gasteiger partial charge < -0.3 is 20.1 Å². The Kier molecular flexibility index (Phi) is 10.6. The van der Waals surface area contributed by atoms with E-state index in [9.17, 15) is 0 Å². The van der Waals surface area contributed by atoms with Crippen LogP contribution in [0.1, 0.15) is 46.1 Å². The highest BCUT2D eigenvalue weighted by atomic mass is 16.5. The zero-order valence-electron chi connectivity index (χ0n) is 16.3. The molecule has 1 aromatic heterocycles. The Hall–Kier alpha value is -1.82. The molecule has 1 aromatic rings. The first-order chi connectivity index (χ1) is 12.1. The van der Waals surface area contributed by atoms with Crippen molar-refractivity contribution in [2.24, 2.45) is 10.9 Å². The van der Waals surface area contributed by atoms with Crippen molar-refractivity contribution < 1.29 is 9.47 Å². The van der Waals surface area contributed by atoms with Gasteiger partial charge in [0, 0.05) is 38.5 Å². The van der Waals surface area contributed by atoms with E-state index in [2.05, 4.69) is 41.4 Å². The lowest BCUT2D eigenvalue weighted by molar-refractivity contribution is 0.0258. The van der Waals surface area contributed by atoms with Gasteiger partial charge in [0.15, 0.2) is 5.96 Å². The normalized spacial score (nSPS) is 13.0. The molecule has 0 aliphatic carbocycles. The van der Waals surface area contributed by atoms with Crippen LogP contribution in [0.4, 0.5) is 0 Å². The summed E-state index contributed by atoms with van der Waals surface area (Å²) in [5.41, 5.74) is 1.02. The molecule has 0 saturated carbocycles. The van der Waals surface area contributed by atoms with E-state index in [0.29, 0.717) is 24.9 Å². The summed E-state index contributed by atoms with van der Waals surface area (Å²) in [5, 5.41) is 6.66. The second kappa shape index (κ2) is 12.5. The van der Waals surface area contributed by atoms with Gasteiger partial charge in [-0.2, -0.15) is 0 Å². The number of hydrogen-bond donors (Lipinski definition) is 2. The SMILES string of the molecule is CCCOc1ncccc1CNC(=NC)NCCC(OCC)C(C)C. The number of guanidine groups is 1. The molecule has 0 aromatic carbocycles. The third-order valence-corrected chi connectivity index (χ3v) is 3.81. The lowest BCUT2D eigenvalue weighted by atomic mass is 10.0. The van der Waals surface area contributed by atoms with Crippen molar-refractivity contribution in [1.82, 2.24) is 15.6 Å². The van der Waals surface area contributed by atoms with Gasteiger partial charge in [-0.05, 0) is 31.7 Å².